The van der Waals surface area contributed by atoms with Crippen molar-refractivity contribution in [3.8, 4) is 5.75 Å². The topological polar surface area (TPSA) is 75.6 Å². The van der Waals surface area contributed by atoms with Crippen LogP contribution in [0.25, 0.3) is 0 Å². The fraction of sp³-hybridized carbons (Fsp3) is 0.222. The molecule has 0 heterocycles. The van der Waals surface area contributed by atoms with Crippen molar-refractivity contribution in [2.45, 2.75) is 19.8 Å². The number of aromatic carboxylic acids is 1. The third kappa shape index (κ3) is 5.47. The molecule has 0 bridgehead atoms. The molecule has 2 N–H and O–H groups in total. The molecule has 23 heavy (non-hydrogen) atoms. The minimum Gasteiger partial charge on any atom is -0.494 e. The van der Waals surface area contributed by atoms with Gasteiger partial charge in [0.15, 0.2) is 0 Å². The Labute approximate surface area is 134 Å². The monoisotopic (exact) mass is 313 g/mol. The molecule has 0 aromatic heterocycles. The van der Waals surface area contributed by atoms with E-state index in [1.165, 1.54) is 12.1 Å². The van der Waals surface area contributed by atoms with E-state index in [-0.39, 0.29) is 11.5 Å². The lowest BCUT2D eigenvalue weighted by molar-refractivity contribution is -0.116. The molecule has 0 aliphatic rings. The molecule has 0 aliphatic carbocycles. The highest BCUT2D eigenvalue weighted by Gasteiger charge is 2.05. The van der Waals surface area contributed by atoms with Crippen LogP contribution in [0.15, 0.2) is 48.5 Å². The molecule has 0 fully saturated rings. The number of hydrogen-bond donors (Lipinski definition) is 2. The van der Waals surface area contributed by atoms with Gasteiger partial charge in [-0.25, -0.2) is 4.79 Å². The Kier molecular flexibility index (Phi) is 5.74. The van der Waals surface area contributed by atoms with Gasteiger partial charge in [0, 0.05) is 12.1 Å². The maximum atomic E-state index is 11.8. The van der Waals surface area contributed by atoms with E-state index in [2.05, 4.69) is 5.32 Å². The molecule has 1 amide bonds. The van der Waals surface area contributed by atoms with Crippen molar-refractivity contribution < 1.29 is 19.4 Å². The molecule has 2 rings (SSSR count). The summed E-state index contributed by atoms with van der Waals surface area (Å²) >= 11 is 0. The van der Waals surface area contributed by atoms with E-state index in [9.17, 15) is 9.59 Å². The van der Waals surface area contributed by atoms with Crippen LogP contribution in [0.1, 0.15) is 28.8 Å². The van der Waals surface area contributed by atoms with Gasteiger partial charge in [-0.2, -0.15) is 0 Å². The minimum absolute atomic E-state index is 0.124. The van der Waals surface area contributed by atoms with E-state index >= 15 is 0 Å². The van der Waals surface area contributed by atoms with Crippen molar-refractivity contribution in [2.75, 3.05) is 11.9 Å². The molecule has 0 radical (unpaired) electrons. The first-order chi connectivity index (χ1) is 11.0. The number of aryl methyl sites for hydroxylation is 1. The van der Waals surface area contributed by atoms with Crippen LogP contribution in [0, 0.1) is 6.92 Å². The van der Waals surface area contributed by atoms with Crippen LogP contribution in [-0.2, 0) is 4.79 Å². The van der Waals surface area contributed by atoms with Gasteiger partial charge in [0.2, 0.25) is 5.91 Å². The van der Waals surface area contributed by atoms with Crippen LogP contribution in [0.3, 0.4) is 0 Å². The number of rotatable bonds is 7. The van der Waals surface area contributed by atoms with Gasteiger partial charge in [-0.3, -0.25) is 4.79 Å². The highest BCUT2D eigenvalue weighted by molar-refractivity contribution is 5.92. The standard InChI is InChI=1S/C18H19NO4/c1-13-4-2-5-16(12-13)23-11-3-6-17(20)19-15-9-7-14(8-10-15)18(21)22/h2,4-5,7-10,12H,3,6,11H2,1H3,(H,19,20)(H,21,22). The Morgan fingerprint density at radius 3 is 2.52 bits per heavy atom. The number of carbonyl (C=O) groups excluding carboxylic acids is 1. The first-order valence-corrected chi connectivity index (χ1v) is 7.37. The van der Waals surface area contributed by atoms with Crippen molar-refractivity contribution in [1.29, 1.82) is 0 Å². The predicted molar refractivity (Wildman–Crippen MR) is 87.9 cm³/mol. The van der Waals surface area contributed by atoms with Crippen LogP contribution in [0.4, 0.5) is 5.69 Å². The Balaban J connectivity index is 1.71. The molecule has 5 heteroatoms. The molecule has 0 aliphatic heterocycles. The smallest absolute Gasteiger partial charge is 0.335 e. The van der Waals surface area contributed by atoms with E-state index in [0.29, 0.717) is 25.1 Å². The first-order valence-electron chi connectivity index (χ1n) is 7.37. The van der Waals surface area contributed by atoms with Crippen molar-refractivity contribution in [1.82, 2.24) is 0 Å². The Hall–Kier alpha value is -2.82. The molecule has 0 atom stereocenters. The van der Waals surface area contributed by atoms with E-state index < -0.39 is 5.97 Å². The number of amides is 1. The van der Waals surface area contributed by atoms with Crippen LogP contribution in [0.5, 0.6) is 5.75 Å². The van der Waals surface area contributed by atoms with Gasteiger partial charge in [-0.15, -0.1) is 0 Å². The fourth-order valence-electron chi connectivity index (χ4n) is 2.05. The molecule has 0 saturated carbocycles. The van der Waals surface area contributed by atoms with Crippen molar-refractivity contribution in [3.05, 3.63) is 59.7 Å². The minimum atomic E-state index is -0.990. The lowest BCUT2D eigenvalue weighted by Crippen LogP contribution is -2.13. The van der Waals surface area contributed by atoms with Gasteiger partial charge in [0.25, 0.3) is 0 Å². The van der Waals surface area contributed by atoms with Gasteiger partial charge >= 0.3 is 5.97 Å². The molecule has 5 nitrogen and oxygen atoms in total. The summed E-state index contributed by atoms with van der Waals surface area (Å²) in [6.07, 6.45) is 0.944. The third-order valence-electron chi connectivity index (χ3n) is 3.22. The molecule has 120 valence electrons. The van der Waals surface area contributed by atoms with Crippen LogP contribution < -0.4 is 10.1 Å². The summed E-state index contributed by atoms with van der Waals surface area (Å²) in [5, 5.41) is 11.5. The number of anilines is 1. The van der Waals surface area contributed by atoms with Crippen LogP contribution in [-0.4, -0.2) is 23.6 Å². The van der Waals surface area contributed by atoms with Crippen LogP contribution in [0.2, 0.25) is 0 Å². The zero-order valence-corrected chi connectivity index (χ0v) is 12.9. The Morgan fingerprint density at radius 2 is 1.87 bits per heavy atom. The second-order valence-corrected chi connectivity index (χ2v) is 5.20. The van der Waals surface area contributed by atoms with Gasteiger partial charge in [-0.05, 0) is 55.3 Å². The van der Waals surface area contributed by atoms with Crippen molar-refractivity contribution >= 4 is 17.6 Å². The number of benzene rings is 2. The number of carbonyl (C=O) groups is 2. The molecule has 0 saturated heterocycles. The van der Waals surface area contributed by atoms with Gasteiger partial charge in [0.05, 0.1) is 12.2 Å². The molecule has 0 spiro atoms. The highest BCUT2D eigenvalue weighted by atomic mass is 16.5. The number of nitrogens with one attached hydrogen (secondary N) is 1. The molecule has 2 aromatic carbocycles. The summed E-state index contributed by atoms with van der Waals surface area (Å²) in [5.41, 5.74) is 1.90. The molecule has 0 unspecified atom stereocenters. The Morgan fingerprint density at radius 1 is 1.13 bits per heavy atom. The number of carboxylic acid groups (broad SMARTS) is 1. The maximum Gasteiger partial charge on any atom is 0.335 e. The van der Waals surface area contributed by atoms with Crippen molar-refractivity contribution in [2.24, 2.45) is 0 Å². The number of hydrogen-bond acceptors (Lipinski definition) is 3. The maximum absolute atomic E-state index is 11.8. The summed E-state index contributed by atoms with van der Waals surface area (Å²) in [6, 6.07) is 13.8. The molecular formula is C18H19NO4. The van der Waals surface area contributed by atoms with Crippen LogP contribution >= 0.6 is 0 Å². The predicted octanol–water partition coefficient (Wildman–Crippen LogP) is 3.49. The summed E-state index contributed by atoms with van der Waals surface area (Å²) in [7, 11) is 0. The quantitative estimate of drug-likeness (QED) is 0.767. The zero-order valence-electron chi connectivity index (χ0n) is 12.9. The number of carboxylic acids is 1. The summed E-state index contributed by atoms with van der Waals surface area (Å²) < 4.78 is 5.58. The molecule has 2 aromatic rings. The average Bonchev–Trinajstić information content (AvgIpc) is 2.52. The SMILES string of the molecule is Cc1cccc(OCCCC(=O)Nc2ccc(C(=O)O)cc2)c1. The van der Waals surface area contributed by atoms with Gasteiger partial charge < -0.3 is 15.2 Å². The van der Waals surface area contributed by atoms with E-state index in [1.54, 1.807) is 12.1 Å². The lowest BCUT2D eigenvalue weighted by Gasteiger charge is -2.08. The average molecular weight is 313 g/mol. The Bertz CT molecular complexity index is 680. The second-order valence-electron chi connectivity index (χ2n) is 5.20. The largest absolute Gasteiger partial charge is 0.494 e. The zero-order chi connectivity index (χ0) is 16.7. The number of ether oxygens (including phenoxy) is 1. The molecular weight excluding hydrogens is 294 g/mol. The van der Waals surface area contributed by atoms with E-state index in [1.807, 2.05) is 31.2 Å². The summed E-state index contributed by atoms with van der Waals surface area (Å²) in [5.74, 6) is -0.313. The summed E-state index contributed by atoms with van der Waals surface area (Å²) in [4.78, 5) is 22.6. The van der Waals surface area contributed by atoms with E-state index in [4.69, 9.17) is 9.84 Å². The first kappa shape index (κ1) is 16.5. The highest BCUT2D eigenvalue weighted by Crippen LogP contribution is 2.13. The normalized spacial score (nSPS) is 10.1. The fourth-order valence-corrected chi connectivity index (χ4v) is 2.05. The van der Waals surface area contributed by atoms with Crippen molar-refractivity contribution in [3.63, 3.8) is 0 Å². The van der Waals surface area contributed by atoms with E-state index in [0.717, 1.165) is 11.3 Å². The van der Waals surface area contributed by atoms with Gasteiger partial charge in [0.1, 0.15) is 5.75 Å². The van der Waals surface area contributed by atoms with Gasteiger partial charge in [-0.1, -0.05) is 12.1 Å². The second kappa shape index (κ2) is 7.98. The lowest BCUT2D eigenvalue weighted by atomic mass is 10.2. The summed E-state index contributed by atoms with van der Waals surface area (Å²) in [6.45, 7) is 2.46. The third-order valence-corrected chi connectivity index (χ3v) is 3.22.